The Kier molecular flexibility index (Phi) is 11.8. The van der Waals surface area contributed by atoms with Gasteiger partial charge >= 0.3 is 0 Å². The molecule has 31 heavy (non-hydrogen) atoms. The van der Waals surface area contributed by atoms with Gasteiger partial charge in [-0.3, -0.25) is 14.4 Å². The maximum atomic E-state index is 12.6. The summed E-state index contributed by atoms with van der Waals surface area (Å²) in [6.07, 6.45) is 4.05. The maximum Gasteiger partial charge on any atom is 0.289 e. The van der Waals surface area contributed by atoms with Gasteiger partial charge in [-0.15, -0.1) is 0 Å². The third-order valence-electron chi connectivity index (χ3n) is 5.12. The van der Waals surface area contributed by atoms with Gasteiger partial charge in [0.05, 0.1) is 0 Å². The first-order valence-electron chi connectivity index (χ1n) is 11.1. The van der Waals surface area contributed by atoms with Crippen LogP contribution in [0, 0.1) is 0 Å². The van der Waals surface area contributed by atoms with Gasteiger partial charge < -0.3 is 25.4 Å². The number of ether oxygens (including phenoxy) is 2. The second-order valence-electron chi connectivity index (χ2n) is 7.61. The fourth-order valence-corrected chi connectivity index (χ4v) is 3.40. The van der Waals surface area contributed by atoms with Crippen molar-refractivity contribution >= 4 is 17.6 Å². The maximum absolute atomic E-state index is 12.6. The predicted molar refractivity (Wildman–Crippen MR) is 117 cm³/mol. The van der Waals surface area contributed by atoms with E-state index in [-0.39, 0.29) is 5.91 Å². The Morgan fingerprint density at radius 1 is 1.00 bits per heavy atom. The van der Waals surface area contributed by atoms with Crippen LogP contribution in [0.1, 0.15) is 44.1 Å². The van der Waals surface area contributed by atoms with Crippen molar-refractivity contribution in [1.82, 2.24) is 10.2 Å². The normalized spacial score (nSPS) is 16.0. The molecule has 1 aromatic rings. The molecule has 0 radical (unpaired) electrons. The van der Waals surface area contributed by atoms with Crippen molar-refractivity contribution in [3.05, 3.63) is 35.9 Å². The number of benzene rings is 1. The lowest BCUT2D eigenvalue weighted by Gasteiger charge is -2.23. The van der Waals surface area contributed by atoms with Gasteiger partial charge in [0.2, 0.25) is 11.7 Å². The fraction of sp³-hybridized carbons (Fsp3) is 0.609. The monoisotopic (exact) mass is 433 g/mol. The van der Waals surface area contributed by atoms with Crippen LogP contribution in [0.2, 0.25) is 0 Å². The van der Waals surface area contributed by atoms with Crippen LogP contribution in [0.5, 0.6) is 0 Å². The average molecular weight is 434 g/mol. The van der Waals surface area contributed by atoms with Gasteiger partial charge in [0.25, 0.3) is 5.91 Å². The highest BCUT2D eigenvalue weighted by molar-refractivity contribution is 6.38. The molecule has 1 saturated heterocycles. The number of rotatable bonds is 16. The Hall–Kier alpha value is -2.29. The SMILES string of the molecule is NCCCOCCCCOCCCNC(=O)C(=O)C1CCC(=O)N1Cc1ccccc1. The molecule has 0 spiro atoms. The summed E-state index contributed by atoms with van der Waals surface area (Å²) in [6.45, 7) is 3.94. The summed E-state index contributed by atoms with van der Waals surface area (Å²) in [5, 5.41) is 2.65. The Morgan fingerprint density at radius 3 is 2.32 bits per heavy atom. The van der Waals surface area contributed by atoms with Crippen molar-refractivity contribution in [3.8, 4) is 0 Å². The first-order chi connectivity index (χ1) is 15.1. The van der Waals surface area contributed by atoms with Crippen LogP contribution in [-0.4, -0.2) is 68.1 Å². The number of nitrogens with two attached hydrogens (primary N) is 1. The molecule has 1 fully saturated rings. The van der Waals surface area contributed by atoms with Crippen LogP contribution in [0.15, 0.2) is 30.3 Å². The van der Waals surface area contributed by atoms with Gasteiger partial charge in [-0.05, 0) is 44.2 Å². The minimum absolute atomic E-state index is 0.0896. The molecule has 1 aromatic carbocycles. The molecule has 0 aliphatic carbocycles. The largest absolute Gasteiger partial charge is 0.381 e. The third-order valence-corrected chi connectivity index (χ3v) is 5.12. The second kappa shape index (κ2) is 14.7. The molecule has 2 rings (SSSR count). The van der Waals surface area contributed by atoms with Gasteiger partial charge in [0, 0.05) is 45.9 Å². The van der Waals surface area contributed by atoms with Crippen molar-refractivity contribution in [2.24, 2.45) is 5.73 Å². The number of unbranched alkanes of at least 4 members (excludes halogenated alkanes) is 1. The van der Waals surface area contributed by atoms with E-state index in [1.807, 2.05) is 30.3 Å². The molecule has 1 atom stereocenters. The summed E-state index contributed by atoms with van der Waals surface area (Å²) in [6, 6.07) is 8.80. The number of carbonyl (C=O) groups excluding carboxylic acids is 3. The summed E-state index contributed by atoms with van der Waals surface area (Å²) >= 11 is 0. The van der Waals surface area contributed by atoms with E-state index in [1.54, 1.807) is 0 Å². The van der Waals surface area contributed by atoms with Gasteiger partial charge in [-0.1, -0.05) is 30.3 Å². The van der Waals surface area contributed by atoms with E-state index in [9.17, 15) is 14.4 Å². The van der Waals surface area contributed by atoms with E-state index in [0.717, 1.165) is 24.8 Å². The highest BCUT2D eigenvalue weighted by Crippen LogP contribution is 2.22. The first kappa shape index (κ1) is 25.0. The van der Waals surface area contributed by atoms with Crippen molar-refractivity contribution < 1.29 is 23.9 Å². The zero-order chi connectivity index (χ0) is 22.3. The van der Waals surface area contributed by atoms with E-state index in [2.05, 4.69) is 5.32 Å². The molecule has 1 unspecified atom stereocenters. The predicted octanol–water partition coefficient (Wildman–Crippen LogP) is 1.42. The number of nitrogens with zero attached hydrogens (tertiary/aromatic N) is 1. The lowest BCUT2D eigenvalue weighted by molar-refractivity contribution is -0.143. The molecular weight excluding hydrogens is 398 g/mol. The van der Waals surface area contributed by atoms with Gasteiger partial charge in [0.1, 0.15) is 6.04 Å². The van der Waals surface area contributed by atoms with Crippen molar-refractivity contribution in [3.63, 3.8) is 0 Å². The molecule has 1 aliphatic heterocycles. The van der Waals surface area contributed by atoms with E-state index >= 15 is 0 Å². The lowest BCUT2D eigenvalue weighted by atomic mass is 10.1. The Bertz CT molecular complexity index is 683. The van der Waals surface area contributed by atoms with E-state index < -0.39 is 17.7 Å². The summed E-state index contributed by atoms with van der Waals surface area (Å²) in [7, 11) is 0. The molecule has 8 heteroatoms. The Morgan fingerprint density at radius 2 is 1.65 bits per heavy atom. The number of carbonyl (C=O) groups is 3. The highest BCUT2D eigenvalue weighted by atomic mass is 16.5. The molecule has 3 N–H and O–H groups in total. The van der Waals surface area contributed by atoms with Crippen LogP contribution in [0.4, 0.5) is 0 Å². The van der Waals surface area contributed by atoms with Crippen LogP contribution in [-0.2, 0) is 30.4 Å². The quantitative estimate of drug-likeness (QED) is 0.301. The molecular formula is C23H35N3O5. The summed E-state index contributed by atoms with van der Waals surface area (Å²) in [5.41, 5.74) is 6.34. The number of hydrogen-bond donors (Lipinski definition) is 2. The minimum atomic E-state index is -0.684. The standard InChI is InChI=1S/C23H35N3O5/c24-12-6-16-30-14-4-5-15-31-17-7-13-25-23(29)22(28)20-10-11-21(27)26(20)18-19-8-2-1-3-9-19/h1-3,8-9,20H,4-7,10-18,24H2,(H,25,29). The summed E-state index contributed by atoms with van der Waals surface area (Å²) in [4.78, 5) is 38.5. The molecule has 0 aromatic heterocycles. The average Bonchev–Trinajstić information content (AvgIpc) is 3.14. The zero-order valence-electron chi connectivity index (χ0n) is 18.2. The molecule has 0 saturated carbocycles. The lowest BCUT2D eigenvalue weighted by Crippen LogP contribution is -2.45. The van der Waals surface area contributed by atoms with Crippen LogP contribution in [0.3, 0.4) is 0 Å². The highest BCUT2D eigenvalue weighted by Gasteiger charge is 2.38. The van der Waals surface area contributed by atoms with E-state index in [4.69, 9.17) is 15.2 Å². The number of amides is 2. The third kappa shape index (κ3) is 9.16. The Labute approximate surface area is 184 Å². The molecule has 2 amide bonds. The van der Waals surface area contributed by atoms with Crippen LogP contribution >= 0.6 is 0 Å². The summed E-state index contributed by atoms with van der Waals surface area (Å²) in [5.74, 6) is -1.27. The molecule has 1 heterocycles. The Balaban J connectivity index is 1.58. The first-order valence-corrected chi connectivity index (χ1v) is 11.1. The fourth-order valence-electron chi connectivity index (χ4n) is 3.40. The van der Waals surface area contributed by atoms with Gasteiger partial charge in [-0.25, -0.2) is 0 Å². The number of Topliss-reactive ketones (excluding diaryl/α,β-unsaturated/α-hetero) is 1. The van der Waals surface area contributed by atoms with Crippen LogP contribution < -0.4 is 11.1 Å². The van der Waals surface area contributed by atoms with Gasteiger partial charge in [0.15, 0.2) is 0 Å². The molecule has 8 nitrogen and oxygen atoms in total. The molecule has 172 valence electrons. The zero-order valence-corrected chi connectivity index (χ0v) is 18.2. The number of likely N-dealkylation sites (tertiary alicyclic amines) is 1. The number of ketones is 1. The number of hydrogen-bond acceptors (Lipinski definition) is 6. The van der Waals surface area contributed by atoms with Crippen molar-refractivity contribution in [1.29, 1.82) is 0 Å². The summed E-state index contributed by atoms with van der Waals surface area (Å²) < 4.78 is 11.0. The molecule has 1 aliphatic rings. The van der Waals surface area contributed by atoms with Crippen molar-refractivity contribution in [2.75, 3.05) is 39.5 Å². The van der Waals surface area contributed by atoms with Gasteiger partial charge in [-0.2, -0.15) is 0 Å². The second-order valence-corrected chi connectivity index (χ2v) is 7.61. The smallest absolute Gasteiger partial charge is 0.289 e. The number of nitrogens with one attached hydrogen (secondary N) is 1. The van der Waals surface area contributed by atoms with E-state index in [1.165, 1.54) is 4.90 Å². The topological polar surface area (TPSA) is 111 Å². The van der Waals surface area contributed by atoms with Crippen molar-refractivity contribution in [2.45, 2.75) is 51.1 Å². The van der Waals surface area contributed by atoms with E-state index in [0.29, 0.717) is 65.3 Å². The van der Waals surface area contributed by atoms with Crippen LogP contribution in [0.25, 0.3) is 0 Å². The molecule has 0 bridgehead atoms. The minimum Gasteiger partial charge on any atom is -0.381 e.